The van der Waals surface area contributed by atoms with Crippen LogP contribution in [0.5, 0.6) is 0 Å². The van der Waals surface area contributed by atoms with Crippen molar-refractivity contribution in [2.45, 2.75) is 20.0 Å². The highest BCUT2D eigenvalue weighted by atomic mass is 35.6. The van der Waals surface area contributed by atoms with Gasteiger partial charge in [0.2, 0.25) is 7.59 Å². The number of halogens is 6. The molecule has 0 aromatic carbocycles. The number of alkyl carbamates (subject to hydrolysis) is 2. The Labute approximate surface area is 150 Å². The molecule has 0 aromatic heterocycles. The predicted molar refractivity (Wildman–Crippen MR) is 80.3 cm³/mol. The standard InChI is InChI=1S/C8H10Cl6N2O5/c1-19-5(17)15-3(7(9,10)11)21-4(8(12,13)14)16-6(18)20-2/h3-4H,1-2H3,(H,15,17)(H,16,18)/t3-,4-/m0/s1. The first-order valence-electron chi connectivity index (χ1n) is 4.89. The van der Waals surface area contributed by atoms with E-state index in [0.29, 0.717) is 0 Å². The van der Waals surface area contributed by atoms with E-state index in [1.807, 2.05) is 0 Å². The van der Waals surface area contributed by atoms with E-state index in [4.69, 9.17) is 74.3 Å². The van der Waals surface area contributed by atoms with E-state index in [9.17, 15) is 9.59 Å². The Bertz CT molecular complexity index is 337. The number of rotatable bonds is 4. The van der Waals surface area contributed by atoms with Gasteiger partial charge in [0.05, 0.1) is 14.2 Å². The lowest BCUT2D eigenvalue weighted by atomic mass is 10.5. The van der Waals surface area contributed by atoms with Gasteiger partial charge < -0.3 is 14.2 Å². The van der Waals surface area contributed by atoms with Crippen LogP contribution in [0.25, 0.3) is 0 Å². The summed E-state index contributed by atoms with van der Waals surface area (Å²) >= 11 is 33.8. The van der Waals surface area contributed by atoms with Crippen molar-refractivity contribution in [2.24, 2.45) is 0 Å². The largest absolute Gasteiger partial charge is 0.453 e. The van der Waals surface area contributed by atoms with Crippen molar-refractivity contribution in [3.8, 4) is 0 Å². The van der Waals surface area contributed by atoms with E-state index in [1.165, 1.54) is 0 Å². The summed E-state index contributed by atoms with van der Waals surface area (Å²) in [5, 5.41) is 4.11. The zero-order valence-electron chi connectivity index (χ0n) is 10.5. The lowest BCUT2D eigenvalue weighted by Gasteiger charge is -2.32. The molecule has 0 spiro atoms. The maximum Gasteiger partial charge on any atom is 0.409 e. The van der Waals surface area contributed by atoms with Gasteiger partial charge in [-0.05, 0) is 0 Å². The van der Waals surface area contributed by atoms with Crippen molar-refractivity contribution in [1.29, 1.82) is 0 Å². The molecule has 13 heteroatoms. The summed E-state index contributed by atoms with van der Waals surface area (Å²) in [6, 6.07) is 0. The third-order valence-electron chi connectivity index (χ3n) is 1.74. The van der Waals surface area contributed by atoms with Crippen molar-refractivity contribution >= 4 is 81.8 Å². The van der Waals surface area contributed by atoms with E-state index in [2.05, 4.69) is 20.1 Å². The maximum atomic E-state index is 11.2. The van der Waals surface area contributed by atoms with Gasteiger partial charge in [0.25, 0.3) is 0 Å². The Balaban J connectivity index is 5.12. The van der Waals surface area contributed by atoms with Gasteiger partial charge in [0.1, 0.15) is 0 Å². The Kier molecular flexibility index (Phi) is 8.86. The molecule has 0 saturated heterocycles. The molecule has 2 atom stereocenters. The SMILES string of the molecule is COC(=O)N[C@@H](O[C@H](NC(=O)OC)C(Cl)(Cl)Cl)C(Cl)(Cl)Cl. The fraction of sp³-hybridized carbons (Fsp3) is 0.750. The van der Waals surface area contributed by atoms with Crippen molar-refractivity contribution in [3.05, 3.63) is 0 Å². The number of nitrogens with one attached hydrogen (secondary N) is 2. The number of ether oxygens (including phenoxy) is 3. The van der Waals surface area contributed by atoms with Crippen LogP contribution in [-0.4, -0.2) is 46.4 Å². The summed E-state index contributed by atoms with van der Waals surface area (Å²) in [4.78, 5) is 22.4. The Morgan fingerprint density at radius 1 is 0.810 bits per heavy atom. The fourth-order valence-electron chi connectivity index (χ4n) is 0.854. The second-order valence-corrected chi connectivity index (χ2v) is 7.99. The molecule has 0 saturated carbocycles. The summed E-state index contributed by atoms with van der Waals surface area (Å²) < 4.78 is 9.46. The molecule has 2 N–H and O–H groups in total. The molecule has 0 heterocycles. The van der Waals surface area contributed by atoms with E-state index in [1.54, 1.807) is 0 Å². The number of carbonyl (C=O) groups is 2. The molecule has 21 heavy (non-hydrogen) atoms. The molecule has 0 aliphatic rings. The summed E-state index contributed by atoms with van der Waals surface area (Å²) in [7, 11) is 2.15. The van der Waals surface area contributed by atoms with E-state index in [0.717, 1.165) is 14.2 Å². The van der Waals surface area contributed by atoms with Crippen LogP contribution in [-0.2, 0) is 14.2 Å². The Morgan fingerprint density at radius 2 is 1.10 bits per heavy atom. The van der Waals surface area contributed by atoms with Gasteiger partial charge in [-0.1, -0.05) is 69.6 Å². The van der Waals surface area contributed by atoms with Gasteiger partial charge in [-0.2, -0.15) is 0 Å². The molecule has 0 bridgehead atoms. The molecule has 124 valence electrons. The van der Waals surface area contributed by atoms with Crippen LogP contribution < -0.4 is 10.6 Å². The van der Waals surface area contributed by atoms with E-state index in [-0.39, 0.29) is 0 Å². The molecule has 0 aliphatic heterocycles. The lowest BCUT2D eigenvalue weighted by molar-refractivity contribution is -0.0376. The van der Waals surface area contributed by atoms with Gasteiger partial charge >= 0.3 is 12.2 Å². The van der Waals surface area contributed by atoms with Crippen molar-refractivity contribution < 1.29 is 23.8 Å². The van der Waals surface area contributed by atoms with Crippen LogP contribution in [0.3, 0.4) is 0 Å². The van der Waals surface area contributed by atoms with Crippen LogP contribution >= 0.6 is 69.6 Å². The summed E-state index contributed by atoms with van der Waals surface area (Å²) in [6.07, 6.45) is -5.17. The molecule has 0 aromatic rings. The monoisotopic (exact) mass is 424 g/mol. The van der Waals surface area contributed by atoms with Crippen LogP contribution in [0.15, 0.2) is 0 Å². The highest BCUT2D eigenvalue weighted by molar-refractivity contribution is 6.68. The molecule has 7 nitrogen and oxygen atoms in total. The highest BCUT2D eigenvalue weighted by Gasteiger charge is 2.43. The minimum Gasteiger partial charge on any atom is -0.453 e. The second-order valence-electron chi connectivity index (χ2n) is 3.25. The molecular weight excluding hydrogens is 417 g/mol. The van der Waals surface area contributed by atoms with Crippen molar-refractivity contribution in [3.63, 3.8) is 0 Å². The molecule has 0 rings (SSSR count). The zero-order chi connectivity index (χ0) is 16.8. The van der Waals surface area contributed by atoms with Gasteiger partial charge in [-0.15, -0.1) is 0 Å². The minimum atomic E-state index is -2.15. The third-order valence-corrected chi connectivity index (χ3v) is 2.92. The van der Waals surface area contributed by atoms with Crippen LogP contribution in [0.2, 0.25) is 0 Å². The smallest absolute Gasteiger partial charge is 0.409 e. The molecular formula is C8H10Cl6N2O5. The quantitative estimate of drug-likeness (QED) is 0.533. The van der Waals surface area contributed by atoms with Crippen LogP contribution in [0, 0.1) is 0 Å². The molecule has 0 fully saturated rings. The first-order valence-corrected chi connectivity index (χ1v) is 7.16. The lowest BCUT2D eigenvalue weighted by Crippen LogP contribution is -2.54. The fourth-order valence-corrected chi connectivity index (χ4v) is 1.49. The summed E-state index contributed by atoms with van der Waals surface area (Å²) in [6.45, 7) is 0. The summed E-state index contributed by atoms with van der Waals surface area (Å²) in [5.74, 6) is 0. The van der Waals surface area contributed by atoms with Crippen molar-refractivity contribution in [2.75, 3.05) is 14.2 Å². The number of methoxy groups -OCH3 is 2. The van der Waals surface area contributed by atoms with Gasteiger partial charge in [0.15, 0.2) is 12.5 Å². The van der Waals surface area contributed by atoms with Crippen LogP contribution in [0.4, 0.5) is 9.59 Å². The normalized spacial score (nSPS) is 14.9. The number of amides is 2. The molecule has 0 unspecified atom stereocenters. The molecule has 2 amide bonds. The first-order chi connectivity index (χ1) is 9.41. The summed E-state index contributed by atoms with van der Waals surface area (Å²) in [5.41, 5.74) is 0. The number of hydrogen-bond donors (Lipinski definition) is 2. The highest BCUT2D eigenvalue weighted by Crippen LogP contribution is 2.36. The molecule has 0 aliphatic carbocycles. The zero-order valence-corrected chi connectivity index (χ0v) is 15.0. The van der Waals surface area contributed by atoms with Gasteiger partial charge in [0, 0.05) is 0 Å². The third kappa shape index (κ3) is 8.44. The van der Waals surface area contributed by atoms with E-state index >= 15 is 0 Å². The van der Waals surface area contributed by atoms with Crippen molar-refractivity contribution in [1.82, 2.24) is 10.6 Å². The minimum absolute atomic E-state index is 0.979. The second kappa shape index (κ2) is 8.76. The van der Waals surface area contributed by atoms with Gasteiger partial charge in [-0.25, -0.2) is 9.59 Å². The Hall–Kier alpha value is 0.240. The average molecular weight is 427 g/mol. The van der Waals surface area contributed by atoms with E-state index < -0.39 is 32.2 Å². The average Bonchev–Trinajstić information content (AvgIpc) is 2.33. The molecule has 0 radical (unpaired) electrons. The number of carbonyl (C=O) groups excluding carboxylic acids is 2. The van der Waals surface area contributed by atoms with Gasteiger partial charge in [-0.3, -0.25) is 10.6 Å². The van der Waals surface area contributed by atoms with Crippen LogP contribution in [0.1, 0.15) is 0 Å². The first kappa shape index (κ1) is 21.2. The maximum absolute atomic E-state index is 11.2. The topological polar surface area (TPSA) is 85.9 Å². The Morgan fingerprint density at radius 3 is 1.29 bits per heavy atom. The predicted octanol–water partition coefficient (Wildman–Crippen LogP) is 3.11. The number of hydrogen-bond acceptors (Lipinski definition) is 5. The number of alkyl halides is 6.